The molecule has 0 saturated heterocycles. The predicted octanol–water partition coefficient (Wildman–Crippen LogP) is 2.25. The molecule has 3 aromatic rings. The fourth-order valence-corrected chi connectivity index (χ4v) is 3.00. The monoisotopic (exact) mass is 274 g/mol. The lowest BCUT2D eigenvalue weighted by atomic mass is 10.2. The van der Waals surface area contributed by atoms with Crippen LogP contribution in [0, 0.1) is 13.8 Å². The minimum Gasteiger partial charge on any atom is -0.323 e. The number of thiazole rings is 1. The maximum atomic E-state index is 11.8. The molecule has 0 aliphatic rings. The van der Waals surface area contributed by atoms with Crippen LogP contribution in [0.1, 0.15) is 35.1 Å². The first-order valence-corrected chi connectivity index (χ1v) is 6.93. The van der Waals surface area contributed by atoms with E-state index in [1.807, 2.05) is 29.8 Å². The van der Waals surface area contributed by atoms with Crippen LogP contribution >= 0.6 is 11.3 Å². The van der Waals surface area contributed by atoms with Gasteiger partial charge in [0.15, 0.2) is 0 Å². The van der Waals surface area contributed by atoms with E-state index in [0.717, 1.165) is 22.2 Å². The topological polar surface area (TPSA) is 63.0 Å². The van der Waals surface area contributed by atoms with Gasteiger partial charge in [-0.1, -0.05) is 0 Å². The molecule has 19 heavy (non-hydrogen) atoms. The molecule has 0 fully saturated rings. The van der Waals surface area contributed by atoms with Crippen molar-refractivity contribution in [3.05, 3.63) is 50.3 Å². The van der Waals surface area contributed by atoms with Gasteiger partial charge in [0.2, 0.25) is 0 Å². The molecule has 1 atom stereocenters. The van der Waals surface area contributed by atoms with Crippen LogP contribution < -0.4 is 5.56 Å². The number of aryl methyl sites for hydroxylation is 2. The Labute approximate surface area is 114 Å². The molecule has 3 heterocycles. The molecule has 0 radical (unpaired) electrons. The van der Waals surface area contributed by atoms with Crippen molar-refractivity contribution in [3.8, 4) is 0 Å². The summed E-state index contributed by atoms with van der Waals surface area (Å²) in [5.41, 5.74) is 2.29. The second kappa shape index (κ2) is 4.31. The molecule has 3 aromatic heterocycles. The Hall–Kier alpha value is -1.95. The van der Waals surface area contributed by atoms with Crippen LogP contribution in [-0.2, 0) is 0 Å². The summed E-state index contributed by atoms with van der Waals surface area (Å²) >= 11 is 1.62. The smallest absolute Gasteiger partial charge is 0.274 e. The summed E-state index contributed by atoms with van der Waals surface area (Å²) in [7, 11) is 0. The molecule has 98 valence electrons. The van der Waals surface area contributed by atoms with Crippen molar-refractivity contribution in [2.24, 2.45) is 0 Å². The Morgan fingerprint density at radius 3 is 2.89 bits per heavy atom. The standard InChI is InChI=1S/C13H14N4OS/c1-7-5-17-10(12(18)15-7)4-14-11(17)9(3)13-16-8(2)6-19-13/h4-6,9H,1-3H3,(H,15,18). The van der Waals surface area contributed by atoms with E-state index in [-0.39, 0.29) is 11.5 Å². The Kier molecular flexibility index (Phi) is 2.74. The van der Waals surface area contributed by atoms with E-state index >= 15 is 0 Å². The molecule has 0 bridgehead atoms. The van der Waals surface area contributed by atoms with Gasteiger partial charge in [-0.05, 0) is 20.8 Å². The quantitative estimate of drug-likeness (QED) is 0.779. The van der Waals surface area contributed by atoms with Crippen LogP contribution in [0.25, 0.3) is 5.52 Å². The number of hydrogen-bond donors (Lipinski definition) is 1. The van der Waals surface area contributed by atoms with Crippen molar-refractivity contribution in [3.63, 3.8) is 0 Å². The molecule has 3 rings (SSSR count). The number of nitrogens with zero attached hydrogens (tertiary/aromatic N) is 3. The van der Waals surface area contributed by atoms with Crippen molar-refractivity contribution in [1.29, 1.82) is 0 Å². The first-order chi connectivity index (χ1) is 9.06. The third-order valence-corrected chi connectivity index (χ3v) is 4.23. The molecule has 6 heteroatoms. The van der Waals surface area contributed by atoms with Gasteiger partial charge in [0.1, 0.15) is 16.3 Å². The van der Waals surface area contributed by atoms with E-state index in [1.54, 1.807) is 17.5 Å². The Bertz CT molecular complexity index is 798. The predicted molar refractivity (Wildman–Crippen MR) is 74.9 cm³/mol. The van der Waals surface area contributed by atoms with Crippen LogP contribution in [-0.4, -0.2) is 19.4 Å². The highest BCUT2D eigenvalue weighted by atomic mass is 32.1. The van der Waals surface area contributed by atoms with Gasteiger partial charge in [-0.25, -0.2) is 9.97 Å². The number of nitrogens with one attached hydrogen (secondary N) is 1. The largest absolute Gasteiger partial charge is 0.323 e. The van der Waals surface area contributed by atoms with Crippen LogP contribution in [0.3, 0.4) is 0 Å². The molecule has 5 nitrogen and oxygen atoms in total. The van der Waals surface area contributed by atoms with Crippen LogP contribution in [0.15, 0.2) is 22.6 Å². The molecule has 0 saturated carbocycles. The average molecular weight is 274 g/mol. The zero-order valence-corrected chi connectivity index (χ0v) is 11.8. The fraction of sp³-hybridized carbons (Fsp3) is 0.308. The van der Waals surface area contributed by atoms with Crippen LogP contribution in [0.4, 0.5) is 0 Å². The first kappa shape index (κ1) is 12.1. The van der Waals surface area contributed by atoms with Gasteiger partial charge in [0.05, 0.1) is 12.1 Å². The Morgan fingerprint density at radius 2 is 2.21 bits per heavy atom. The summed E-state index contributed by atoms with van der Waals surface area (Å²) in [5.74, 6) is 0.918. The van der Waals surface area contributed by atoms with E-state index in [9.17, 15) is 4.79 Å². The lowest BCUT2D eigenvalue weighted by molar-refractivity contribution is 0.794. The summed E-state index contributed by atoms with van der Waals surface area (Å²) in [6.07, 6.45) is 3.51. The summed E-state index contributed by atoms with van der Waals surface area (Å²) in [6, 6.07) is 0. The van der Waals surface area contributed by atoms with E-state index in [4.69, 9.17) is 0 Å². The molecule has 1 unspecified atom stereocenters. The maximum Gasteiger partial charge on any atom is 0.274 e. The first-order valence-electron chi connectivity index (χ1n) is 6.05. The van der Waals surface area contributed by atoms with Crippen molar-refractivity contribution in [2.75, 3.05) is 0 Å². The highest BCUT2D eigenvalue weighted by Crippen LogP contribution is 2.26. The molecular weight excluding hydrogens is 260 g/mol. The highest BCUT2D eigenvalue weighted by molar-refractivity contribution is 7.09. The van der Waals surface area contributed by atoms with E-state index in [0.29, 0.717) is 5.52 Å². The summed E-state index contributed by atoms with van der Waals surface area (Å²) in [4.78, 5) is 23.5. The number of H-pyrrole nitrogens is 1. The fourth-order valence-electron chi connectivity index (χ4n) is 2.15. The number of fused-ring (bicyclic) bond motifs is 1. The maximum absolute atomic E-state index is 11.8. The van der Waals surface area contributed by atoms with E-state index in [1.165, 1.54) is 0 Å². The summed E-state index contributed by atoms with van der Waals surface area (Å²) in [6.45, 7) is 5.90. The molecular formula is C13H14N4OS. The second-order valence-corrected chi connectivity index (χ2v) is 5.58. The molecule has 0 aromatic carbocycles. The van der Waals surface area contributed by atoms with Gasteiger partial charge in [-0.3, -0.25) is 9.20 Å². The third kappa shape index (κ3) is 1.98. The minimum absolute atomic E-state index is 0.0717. The molecule has 0 amide bonds. The molecule has 0 aliphatic heterocycles. The van der Waals surface area contributed by atoms with E-state index < -0.39 is 0 Å². The molecule has 1 N–H and O–H groups in total. The van der Waals surface area contributed by atoms with Gasteiger partial charge >= 0.3 is 0 Å². The van der Waals surface area contributed by atoms with Crippen molar-refractivity contribution in [2.45, 2.75) is 26.7 Å². The van der Waals surface area contributed by atoms with Gasteiger partial charge in [-0.2, -0.15) is 0 Å². The zero-order valence-electron chi connectivity index (χ0n) is 11.0. The SMILES string of the molecule is Cc1csc(C(C)c2ncc3c(=O)[nH]c(C)cn23)n1. The second-order valence-electron chi connectivity index (χ2n) is 4.69. The number of aromatic amines is 1. The van der Waals surface area contributed by atoms with Gasteiger partial charge < -0.3 is 4.98 Å². The van der Waals surface area contributed by atoms with Crippen molar-refractivity contribution in [1.82, 2.24) is 19.4 Å². The molecule has 0 spiro atoms. The van der Waals surface area contributed by atoms with Crippen molar-refractivity contribution >= 4 is 16.9 Å². The third-order valence-electron chi connectivity index (χ3n) is 3.09. The van der Waals surface area contributed by atoms with Crippen LogP contribution in [0.5, 0.6) is 0 Å². The lowest BCUT2D eigenvalue weighted by Gasteiger charge is -2.07. The van der Waals surface area contributed by atoms with Gasteiger partial charge in [0, 0.05) is 23.0 Å². The average Bonchev–Trinajstić information content (AvgIpc) is 2.94. The number of rotatable bonds is 2. The number of aromatic nitrogens is 4. The lowest BCUT2D eigenvalue weighted by Crippen LogP contribution is -2.12. The normalized spacial score (nSPS) is 13.0. The zero-order chi connectivity index (χ0) is 13.6. The number of imidazole rings is 1. The number of hydrogen-bond acceptors (Lipinski definition) is 4. The van der Waals surface area contributed by atoms with Crippen LogP contribution in [0.2, 0.25) is 0 Å². The Morgan fingerprint density at radius 1 is 1.42 bits per heavy atom. The Balaban J connectivity index is 2.18. The minimum atomic E-state index is -0.110. The highest BCUT2D eigenvalue weighted by Gasteiger charge is 2.18. The van der Waals surface area contributed by atoms with Gasteiger partial charge in [-0.15, -0.1) is 11.3 Å². The van der Waals surface area contributed by atoms with Gasteiger partial charge in [0.25, 0.3) is 5.56 Å². The summed E-state index contributed by atoms with van der Waals surface area (Å²) in [5, 5.41) is 3.04. The molecule has 0 aliphatic carbocycles. The van der Waals surface area contributed by atoms with E-state index in [2.05, 4.69) is 21.9 Å². The summed E-state index contributed by atoms with van der Waals surface area (Å²) < 4.78 is 1.86. The van der Waals surface area contributed by atoms with Crippen molar-refractivity contribution < 1.29 is 0 Å².